The summed E-state index contributed by atoms with van der Waals surface area (Å²) in [5, 5.41) is 10.2. The van der Waals surface area contributed by atoms with Crippen molar-refractivity contribution in [3.8, 4) is 0 Å². The summed E-state index contributed by atoms with van der Waals surface area (Å²) < 4.78 is 1.87. The van der Waals surface area contributed by atoms with Crippen LogP contribution in [0.25, 0.3) is 11.0 Å². The Morgan fingerprint density at radius 3 is 3.00 bits per heavy atom. The summed E-state index contributed by atoms with van der Waals surface area (Å²) in [5.41, 5.74) is 1.57. The fourth-order valence-electron chi connectivity index (χ4n) is 1.41. The molecule has 0 aliphatic heterocycles. The van der Waals surface area contributed by atoms with E-state index in [0.717, 1.165) is 27.4 Å². The molecule has 2 rings (SSSR count). The van der Waals surface area contributed by atoms with Crippen LogP contribution in [0.4, 0.5) is 0 Å². The molecule has 0 N–H and O–H groups in total. The Hall–Kier alpha value is -1.69. The number of thiazole rings is 1. The van der Waals surface area contributed by atoms with Crippen LogP contribution >= 0.6 is 11.3 Å². The van der Waals surface area contributed by atoms with Crippen LogP contribution in [0.2, 0.25) is 0 Å². The summed E-state index contributed by atoms with van der Waals surface area (Å²) in [6.07, 6.45) is 4.34. The van der Waals surface area contributed by atoms with E-state index in [1.807, 2.05) is 24.4 Å². The van der Waals surface area contributed by atoms with E-state index >= 15 is 0 Å². The SMILES string of the molecule is Cc1cn2c(C=C[N+](=O)[O-])c(C)nc2s1. The van der Waals surface area contributed by atoms with Crippen molar-refractivity contribution in [2.75, 3.05) is 0 Å². The van der Waals surface area contributed by atoms with Crippen LogP contribution in [0.5, 0.6) is 0 Å². The number of rotatable bonds is 2. The third-order valence-electron chi connectivity index (χ3n) is 2.02. The molecule has 2 aromatic rings. The predicted molar refractivity (Wildman–Crippen MR) is 58.6 cm³/mol. The molecule has 0 aromatic carbocycles. The lowest BCUT2D eigenvalue weighted by molar-refractivity contribution is -0.401. The number of fused-ring (bicyclic) bond motifs is 1. The number of imidazole rings is 1. The summed E-state index contributed by atoms with van der Waals surface area (Å²) in [6.45, 7) is 3.82. The van der Waals surface area contributed by atoms with Gasteiger partial charge in [-0.3, -0.25) is 14.5 Å². The Labute approximate surface area is 89.8 Å². The highest BCUT2D eigenvalue weighted by atomic mass is 32.1. The molecule has 0 saturated carbocycles. The van der Waals surface area contributed by atoms with E-state index in [4.69, 9.17) is 0 Å². The first-order chi connectivity index (χ1) is 7.08. The molecule has 15 heavy (non-hydrogen) atoms. The van der Waals surface area contributed by atoms with E-state index in [0.29, 0.717) is 0 Å². The molecule has 0 fully saturated rings. The molecule has 0 saturated heterocycles. The van der Waals surface area contributed by atoms with Gasteiger partial charge in [-0.2, -0.15) is 0 Å². The molecule has 0 radical (unpaired) electrons. The minimum Gasteiger partial charge on any atom is -0.290 e. The second-order valence-corrected chi connectivity index (χ2v) is 4.39. The fraction of sp³-hybridized carbons (Fsp3) is 0.222. The highest BCUT2D eigenvalue weighted by Crippen LogP contribution is 2.21. The summed E-state index contributed by atoms with van der Waals surface area (Å²) in [5.74, 6) is 0. The Morgan fingerprint density at radius 1 is 1.60 bits per heavy atom. The number of aryl methyl sites for hydroxylation is 2. The third kappa shape index (κ3) is 1.75. The van der Waals surface area contributed by atoms with Gasteiger partial charge < -0.3 is 0 Å². The maximum atomic E-state index is 10.2. The van der Waals surface area contributed by atoms with Gasteiger partial charge in [-0.15, -0.1) is 11.3 Å². The summed E-state index contributed by atoms with van der Waals surface area (Å²) >= 11 is 1.57. The lowest BCUT2D eigenvalue weighted by Crippen LogP contribution is -1.87. The van der Waals surface area contributed by atoms with E-state index in [1.54, 1.807) is 11.3 Å². The summed E-state index contributed by atoms with van der Waals surface area (Å²) in [7, 11) is 0. The maximum Gasteiger partial charge on any atom is 0.236 e. The monoisotopic (exact) mass is 223 g/mol. The Kier molecular flexibility index (Phi) is 2.28. The van der Waals surface area contributed by atoms with Crippen LogP contribution in [0.1, 0.15) is 16.3 Å². The fourth-order valence-corrected chi connectivity index (χ4v) is 2.29. The predicted octanol–water partition coefficient (Wildman–Crippen LogP) is 2.26. The summed E-state index contributed by atoms with van der Waals surface area (Å²) in [6, 6.07) is 0. The number of aromatic nitrogens is 2. The molecule has 6 heteroatoms. The highest BCUT2D eigenvalue weighted by Gasteiger charge is 2.09. The zero-order chi connectivity index (χ0) is 11.0. The van der Waals surface area contributed by atoms with Crippen molar-refractivity contribution in [2.24, 2.45) is 0 Å². The van der Waals surface area contributed by atoms with E-state index in [9.17, 15) is 10.1 Å². The highest BCUT2D eigenvalue weighted by molar-refractivity contribution is 7.17. The van der Waals surface area contributed by atoms with Gasteiger partial charge in [-0.05, 0) is 13.8 Å². The van der Waals surface area contributed by atoms with Crippen LogP contribution in [0.15, 0.2) is 12.4 Å². The van der Waals surface area contributed by atoms with Crippen molar-refractivity contribution in [3.63, 3.8) is 0 Å². The number of hydrogen-bond donors (Lipinski definition) is 0. The lowest BCUT2D eigenvalue weighted by atomic mass is 10.3. The third-order valence-corrected chi connectivity index (χ3v) is 2.91. The van der Waals surface area contributed by atoms with Gasteiger partial charge in [-0.25, -0.2) is 4.98 Å². The van der Waals surface area contributed by atoms with Gasteiger partial charge in [0.2, 0.25) is 6.20 Å². The number of hydrogen-bond acceptors (Lipinski definition) is 4. The van der Waals surface area contributed by atoms with Gasteiger partial charge in [0.05, 0.1) is 16.3 Å². The van der Waals surface area contributed by atoms with Crippen LogP contribution in [-0.4, -0.2) is 14.3 Å². The standard InChI is InChI=1S/C9H9N3O2S/c1-6-5-11-8(3-4-12(13)14)7(2)10-9(11)15-6/h3-5H,1-2H3. The minimum absolute atomic E-state index is 0.474. The topological polar surface area (TPSA) is 60.4 Å². The first-order valence-electron chi connectivity index (χ1n) is 4.34. The largest absolute Gasteiger partial charge is 0.290 e. The molecule has 0 aliphatic carbocycles. The lowest BCUT2D eigenvalue weighted by Gasteiger charge is -1.90. The molecule has 0 amide bonds. The molecule has 0 unspecified atom stereocenters. The van der Waals surface area contributed by atoms with Crippen molar-refractivity contribution in [1.82, 2.24) is 9.38 Å². The maximum absolute atomic E-state index is 10.2. The zero-order valence-electron chi connectivity index (χ0n) is 8.30. The Morgan fingerprint density at radius 2 is 2.33 bits per heavy atom. The van der Waals surface area contributed by atoms with Crippen LogP contribution in [0, 0.1) is 24.0 Å². The average molecular weight is 223 g/mol. The van der Waals surface area contributed by atoms with Crippen LogP contribution in [-0.2, 0) is 0 Å². The quantitative estimate of drug-likeness (QED) is 0.579. The Bertz CT molecular complexity index is 553. The van der Waals surface area contributed by atoms with E-state index in [2.05, 4.69) is 4.98 Å². The van der Waals surface area contributed by atoms with Crippen molar-refractivity contribution >= 4 is 22.4 Å². The van der Waals surface area contributed by atoms with E-state index < -0.39 is 4.92 Å². The molecular weight excluding hydrogens is 214 g/mol. The van der Waals surface area contributed by atoms with Gasteiger partial charge in [0, 0.05) is 17.2 Å². The number of nitro groups is 1. The molecule has 2 heterocycles. The average Bonchev–Trinajstić information content (AvgIpc) is 2.57. The molecule has 2 aromatic heterocycles. The van der Waals surface area contributed by atoms with Gasteiger partial charge in [0.1, 0.15) is 0 Å². The molecule has 0 aliphatic rings. The van der Waals surface area contributed by atoms with Gasteiger partial charge in [0.25, 0.3) is 0 Å². The second-order valence-electron chi connectivity index (χ2n) is 3.18. The van der Waals surface area contributed by atoms with Gasteiger partial charge >= 0.3 is 0 Å². The molecular formula is C9H9N3O2S. The normalized spacial score (nSPS) is 11.6. The van der Waals surface area contributed by atoms with Crippen LogP contribution in [0.3, 0.4) is 0 Å². The molecule has 5 nitrogen and oxygen atoms in total. The summed E-state index contributed by atoms with van der Waals surface area (Å²) in [4.78, 5) is 16.1. The Balaban J connectivity index is 2.57. The first-order valence-corrected chi connectivity index (χ1v) is 5.16. The van der Waals surface area contributed by atoms with Crippen molar-refractivity contribution in [2.45, 2.75) is 13.8 Å². The van der Waals surface area contributed by atoms with Crippen molar-refractivity contribution in [1.29, 1.82) is 0 Å². The van der Waals surface area contributed by atoms with E-state index in [1.165, 1.54) is 6.08 Å². The van der Waals surface area contributed by atoms with Gasteiger partial charge in [0.15, 0.2) is 4.96 Å². The van der Waals surface area contributed by atoms with Gasteiger partial charge in [-0.1, -0.05) is 0 Å². The molecule has 0 spiro atoms. The first kappa shape index (κ1) is 9.85. The van der Waals surface area contributed by atoms with Crippen molar-refractivity contribution < 1.29 is 4.92 Å². The van der Waals surface area contributed by atoms with Crippen LogP contribution < -0.4 is 0 Å². The van der Waals surface area contributed by atoms with E-state index in [-0.39, 0.29) is 0 Å². The minimum atomic E-state index is -0.474. The molecule has 78 valence electrons. The zero-order valence-corrected chi connectivity index (χ0v) is 9.11. The smallest absolute Gasteiger partial charge is 0.236 e. The molecule has 0 atom stereocenters. The molecule has 0 bridgehead atoms. The second kappa shape index (κ2) is 3.47. The number of nitrogens with zero attached hydrogens (tertiary/aromatic N) is 3. The van der Waals surface area contributed by atoms with Crippen molar-refractivity contribution in [3.05, 3.63) is 38.8 Å².